The molecule has 2 fully saturated rings. The largest absolute Gasteiger partial charge is 0.417 e. The Morgan fingerprint density at radius 2 is 2.10 bits per heavy atom. The van der Waals surface area contributed by atoms with Crippen LogP contribution >= 0.6 is 0 Å². The van der Waals surface area contributed by atoms with Crippen LogP contribution in [0.4, 0.5) is 4.39 Å². The highest BCUT2D eigenvalue weighted by Crippen LogP contribution is 2.35. The number of nitrogens with zero attached hydrogens (tertiary/aromatic N) is 5. The zero-order valence-corrected chi connectivity index (χ0v) is 16.4. The van der Waals surface area contributed by atoms with Crippen molar-refractivity contribution in [3.63, 3.8) is 0 Å². The number of fused-ring (bicyclic) bond motifs is 4. The Morgan fingerprint density at radius 3 is 2.83 bits per heavy atom. The molecule has 29 heavy (non-hydrogen) atoms. The third-order valence-corrected chi connectivity index (χ3v) is 6.29. The zero-order chi connectivity index (χ0) is 20.1. The number of carbonyl (C=O) groups is 1. The average Bonchev–Trinajstić information content (AvgIpc) is 3.32. The van der Waals surface area contributed by atoms with E-state index in [1.165, 1.54) is 0 Å². The van der Waals surface area contributed by atoms with Gasteiger partial charge in [-0.05, 0) is 24.8 Å². The Bertz CT molecular complexity index is 1000. The highest BCUT2D eigenvalue weighted by Gasteiger charge is 2.38. The normalized spacial score (nSPS) is 26.6. The van der Waals surface area contributed by atoms with E-state index in [0.29, 0.717) is 51.6 Å². The molecule has 0 N–H and O–H groups in total. The predicted octanol–water partition coefficient (Wildman–Crippen LogP) is 1.34. The molecular formula is C20H24FN5O3. The summed E-state index contributed by atoms with van der Waals surface area (Å²) in [6.07, 6.45) is 0.710. The molecule has 1 amide bonds. The Kier molecular flexibility index (Phi) is 4.49. The van der Waals surface area contributed by atoms with Crippen molar-refractivity contribution in [1.29, 1.82) is 0 Å². The van der Waals surface area contributed by atoms with E-state index >= 15 is 0 Å². The molecule has 0 aromatic carbocycles. The van der Waals surface area contributed by atoms with Gasteiger partial charge in [-0.2, -0.15) is 0 Å². The standard InChI is InChI=1S/C20H24FN5O3/c1-12-22-23-18(29-12)20(28)25-7-13-6-15(10-25)17-3-2-14(19(27)26(17)8-13)9-24-5-4-16(21)11-24/h2-3,13,15-16H,4-11H2,1H3/t13-,15+,16+/m0/s1. The fourth-order valence-corrected chi connectivity index (χ4v) is 4.97. The van der Waals surface area contributed by atoms with Crippen molar-refractivity contribution in [2.45, 2.75) is 44.9 Å². The number of alkyl halides is 1. The zero-order valence-electron chi connectivity index (χ0n) is 16.4. The first-order chi connectivity index (χ1) is 14.0. The summed E-state index contributed by atoms with van der Waals surface area (Å²) < 4.78 is 20.6. The molecule has 2 aromatic heterocycles. The summed E-state index contributed by atoms with van der Waals surface area (Å²) in [4.78, 5) is 29.6. The van der Waals surface area contributed by atoms with Gasteiger partial charge in [-0.1, -0.05) is 6.07 Å². The van der Waals surface area contributed by atoms with E-state index in [9.17, 15) is 14.0 Å². The molecule has 2 aromatic rings. The van der Waals surface area contributed by atoms with Crippen LogP contribution in [-0.2, 0) is 13.1 Å². The highest BCUT2D eigenvalue weighted by atomic mass is 19.1. The number of aromatic nitrogens is 3. The number of likely N-dealkylation sites (tertiary alicyclic amines) is 2. The number of piperidine rings is 1. The van der Waals surface area contributed by atoms with Crippen molar-refractivity contribution in [3.05, 3.63) is 45.5 Å². The SMILES string of the molecule is Cc1nnc(C(=O)N2C[C@@H]3C[C@H](C2)c2ccc(CN4CC[C@@H](F)C4)c(=O)n2C3)o1. The summed E-state index contributed by atoms with van der Waals surface area (Å²) in [5, 5.41) is 7.59. The second kappa shape index (κ2) is 7.05. The van der Waals surface area contributed by atoms with Crippen molar-refractivity contribution in [2.24, 2.45) is 5.92 Å². The molecule has 154 valence electrons. The third kappa shape index (κ3) is 3.37. The van der Waals surface area contributed by atoms with E-state index in [-0.39, 0.29) is 29.2 Å². The van der Waals surface area contributed by atoms with E-state index in [4.69, 9.17) is 4.42 Å². The highest BCUT2D eigenvalue weighted by molar-refractivity contribution is 5.89. The van der Waals surface area contributed by atoms with E-state index < -0.39 is 6.17 Å². The lowest BCUT2D eigenvalue weighted by Gasteiger charge is -2.42. The molecule has 0 saturated carbocycles. The molecular weight excluding hydrogens is 377 g/mol. The van der Waals surface area contributed by atoms with Crippen molar-refractivity contribution in [1.82, 2.24) is 24.6 Å². The van der Waals surface area contributed by atoms with Crippen LogP contribution in [0.3, 0.4) is 0 Å². The summed E-state index contributed by atoms with van der Waals surface area (Å²) in [5.41, 5.74) is 1.71. The Morgan fingerprint density at radius 1 is 1.24 bits per heavy atom. The first-order valence-electron chi connectivity index (χ1n) is 10.2. The lowest BCUT2D eigenvalue weighted by molar-refractivity contribution is 0.0554. The number of carbonyl (C=O) groups excluding carboxylic acids is 1. The summed E-state index contributed by atoms with van der Waals surface area (Å²) in [7, 11) is 0. The minimum atomic E-state index is -0.791. The smallest absolute Gasteiger partial charge is 0.311 e. The van der Waals surface area contributed by atoms with Crippen LogP contribution in [-0.4, -0.2) is 62.8 Å². The minimum Gasteiger partial charge on any atom is -0.417 e. The van der Waals surface area contributed by atoms with E-state index in [1.807, 2.05) is 21.6 Å². The molecule has 3 aliphatic rings. The van der Waals surface area contributed by atoms with Crippen LogP contribution in [0.25, 0.3) is 0 Å². The number of aryl methyl sites for hydroxylation is 1. The van der Waals surface area contributed by atoms with Crippen LogP contribution in [0.1, 0.15) is 46.6 Å². The minimum absolute atomic E-state index is 0.0202. The molecule has 0 spiro atoms. The lowest BCUT2D eigenvalue weighted by atomic mass is 9.83. The first-order valence-corrected chi connectivity index (χ1v) is 10.2. The number of halogens is 1. The van der Waals surface area contributed by atoms with E-state index in [2.05, 4.69) is 10.2 Å². The second-order valence-corrected chi connectivity index (χ2v) is 8.46. The molecule has 3 atom stereocenters. The third-order valence-electron chi connectivity index (χ3n) is 6.29. The van der Waals surface area contributed by atoms with Gasteiger partial charge in [0.1, 0.15) is 6.17 Å². The van der Waals surface area contributed by atoms with Crippen LogP contribution in [0.2, 0.25) is 0 Å². The number of hydrogen-bond acceptors (Lipinski definition) is 6. The molecule has 3 aliphatic heterocycles. The Labute approximate surface area is 167 Å². The molecule has 0 aliphatic carbocycles. The molecule has 0 radical (unpaired) electrons. The molecule has 0 unspecified atom stereocenters. The van der Waals surface area contributed by atoms with Gasteiger partial charge in [-0.3, -0.25) is 14.5 Å². The van der Waals surface area contributed by atoms with Gasteiger partial charge in [0.2, 0.25) is 5.89 Å². The van der Waals surface area contributed by atoms with Crippen LogP contribution in [0.5, 0.6) is 0 Å². The Balaban J connectivity index is 1.37. The molecule has 9 heteroatoms. The Hall–Kier alpha value is -2.55. The summed E-state index contributed by atoms with van der Waals surface area (Å²) in [6, 6.07) is 3.88. The quantitative estimate of drug-likeness (QED) is 0.772. The lowest BCUT2D eigenvalue weighted by Crippen LogP contribution is -2.49. The van der Waals surface area contributed by atoms with Gasteiger partial charge in [0, 0.05) is 63.4 Å². The first kappa shape index (κ1) is 18.5. The number of rotatable bonds is 3. The van der Waals surface area contributed by atoms with Crippen LogP contribution in [0, 0.1) is 12.8 Å². The molecule has 2 saturated heterocycles. The fraction of sp³-hybridized carbons (Fsp3) is 0.600. The maximum absolute atomic E-state index is 13.5. The van der Waals surface area contributed by atoms with Gasteiger partial charge in [0.05, 0.1) is 0 Å². The van der Waals surface area contributed by atoms with Crippen LogP contribution in [0.15, 0.2) is 21.3 Å². The van der Waals surface area contributed by atoms with Gasteiger partial charge < -0.3 is 13.9 Å². The van der Waals surface area contributed by atoms with Gasteiger partial charge in [-0.25, -0.2) is 4.39 Å². The van der Waals surface area contributed by atoms with Gasteiger partial charge in [0.25, 0.3) is 5.56 Å². The maximum Gasteiger partial charge on any atom is 0.311 e. The van der Waals surface area contributed by atoms with Crippen molar-refractivity contribution < 1.29 is 13.6 Å². The summed E-state index contributed by atoms with van der Waals surface area (Å²) in [5.74, 6) is 0.463. The number of pyridine rings is 1. The topological polar surface area (TPSA) is 84.5 Å². The van der Waals surface area contributed by atoms with Gasteiger partial charge >= 0.3 is 11.8 Å². The monoisotopic (exact) mass is 401 g/mol. The molecule has 2 bridgehead atoms. The number of hydrogen-bond donors (Lipinski definition) is 0. The second-order valence-electron chi connectivity index (χ2n) is 8.46. The van der Waals surface area contributed by atoms with Crippen molar-refractivity contribution in [2.75, 3.05) is 26.2 Å². The molecule has 8 nitrogen and oxygen atoms in total. The molecule has 5 rings (SSSR count). The van der Waals surface area contributed by atoms with Gasteiger partial charge in [0.15, 0.2) is 0 Å². The summed E-state index contributed by atoms with van der Waals surface area (Å²) in [6.45, 7) is 4.95. The fourth-order valence-electron chi connectivity index (χ4n) is 4.97. The summed E-state index contributed by atoms with van der Waals surface area (Å²) >= 11 is 0. The average molecular weight is 401 g/mol. The maximum atomic E-state index is 13.5. The van der Waals surface area contributed by atoms with Crippen molar-refractivity contribution >= 4 is 5.91 Å². The van der Waals surface area contributed by atoms with Gasteiger partial charge in [-0.15, -0.1) is 10.2 Å². The predicted molar refractivity (Wildman–Crippen MR) is 101 cm³/mol. The van der Waals surface area contributed by atoms with E-state index in [0.717, 1.165) is 17.7 Å². The molecule has 5 heterocycles. The van der Waals surface area contributed by atoms with E-state index in [1.54, 1.807) is 11.8 Å². The number of amides is 1. The van der Waals surface area contributed by atoms with Crippen molar-refractivity contribution in [3.8, 4) is 0 Å². The van der Waals surface area contributed by atoms with Crippen LogP contribution < -0.4 is 5.56 Å².